The first-order chi connectivity index (χ1) is 9.15. The molecule has 0 spiro atoms. The largest absolute Gasteiger partial charge is 0.480 e. The van der Waals surface area contributed by atoms with Crippen molar-refractivity contribution in [2.24, 2.45) is 5.92 Å². The average molecular weight is 270 g/mol. The lowest BCUT2D eigenvalue weighted by Gasteiger charge is -2.31. The van der Waals surface area contributed by atoms with Crippen LogP contribution in [0, 0.1) is 5.92 Å². The van der Waals surface area contributed by atoms with Crippen LogP contribution in [0.4, 0.5) is 4.79 Å². The molecule has 2 amide bonds. The lowest BCUT2D eigenvalue weighted by Crippen LogP contribution is -2.46. The number of nitrogens with zero attached hydrogens (tertiary/aromatic N) is 1. The average Bonchev–Trinajstić information content (AvgIpc) is 3.21. The van der Waals surface area contributed by atoms with E-state index in [9.17, 15) is 9.59 Å². The number of hydrogen-bond donors (Lipinski definition) is 2. The minimum atomic E-state index is -0.944. The molecule has 1 saturated heterocycles. The Balaban J connectivity index is 1.58. The van der Waals surface area contributed by atoms with Gasteiger partial charge in [-0.3, -0.25) is 0 Å². The van der Waals surface area contributed by atoms with E-state index < -0.39 is 5.97 Å². The molecule has 1 aliphatic heterocycles. The highest BCUT2D eigenvalue weighted by Crippen LogP contribution is 2.31. The van der Waals surface area contributed by atoms with Crippen LogP contribution < -0.4 is 5.32 Å². The molecule has 0 unspecified atom stereocenters. The van der Waals surface area contributed by atoms with Crippen LogP contribution in [0.15, 0.2) is 0 Å². The van der Waals surface area contributed by atoms with E-state index in [2.05, 4.69) is 5.32 Å². The molecule has 1 saturated carbocycles. The maximum atomic E-state index is 11.9. The Morgan fingerprint density at radius 1 is 1.21 bits per heavy atom. The van der Waals surface area contributed by atoms with Gasteiger partial charge >= 0.3 is 12.0 Å². The lowest BCUT2D eigenvalue weighted by atomic mass is 10.1. The van der Waals surface area contributed by atoms with E-state index in [1.54, 1.807) is 4.90 Å². The van der Waals surface area contributed by atoms with Crippen LogP contribution in [-0.4, -0.2) is 54.4 Å². The zero-order chi connectivity index (χ0) is 13.7. The van der Waals surface area contributed by atoms with Gasteiger partial charge in [0, 0.05) is 19.6 Å². The van der Waals surface area contributed by atoms with E-state index in [4.69, 9.17) is 9.84 Å². The Kier molecular flexibility index (Phi) is 5.01. The highest BCUT2D eigenvalue weighted by atomic mass is 16.5. The van der Waals surface area contributed by atoms with Gasteiger partial charge in [-0.15, -0.1) is 0 Å². The Bertz CT molecular complexity index is 323. The van der Waals surface area contributed by atoms with Gasteiger partial charge in [0.2, 0.25) is 0 Å². The number of urea groups is 1. The van der Waals surface area contributed by atoms with E-state index in [0.717, 1.165) is 18.9 Å². The zero-order valence-corrected chi connectivity index (χ0v) is 11.1. The van der Waals surface area contributed by atoms with Gasteiger partial charge in [0.15, 0.2) is 0 Å². The van der Waals surface area contributed by atoms with E-state index >= 15 is 0 Å². The molecule has 6 nitrogen and oxygen atoms in total. The maximum absolute atomic E-state index is 11.9. The van der Waals surface area contributed by atoms with Crippen LogP contribution in [0.5, 0.6) is 0 Å². The summed E-state index contributed by atoms with van der Waals surface area (Å²) in [4.78, 5) is 24.0. The molecule has 0 atom stereocenters. The van der Waals surface area contributed by atoms with Gasteiger partial charge in [-0.2, -0.15) is 0 Å². The Morgan fingerprint density at radius 2 is 1.89 bits per heavy atom. The summed E-state index contributed by atoms with van der Waals surface area (Å²) in [6.07, 6.45) is 5.09. The number of amides is 2. The highest BCUT2D eigenvalue weighted by molar-refractivity contribution is 5.74. The predicted octanol–water partition coefficient (Wildman–Crippen LogP) is 1.06. The standard InChI is InChI=1S/C13H22N2O4/c16-12(17)9-19-11-4-7-15(8-5-11)13(18)14-6-3-10-1-2-10/h10-11H,1-9H2,(H,14,18)(H,16,17). The lowest BCUT2D eigenvalue weighted by molar-refractivity contribution is -0.145. The number of ether oxygens (including phenoxy) is 1. The van der Waals surface area contributed by atoms with Crippen molar-refractivity contribution in [1.29, 1.82) is 0 Å². The van der Waals surface area contributed by atoms with Crippen LogP contribution >= 0.6 is 0 Å². The molecule has 2 rings (SSSR count). The molecule has 0 bridgehead atoms. The van der Waals surface area contributed by atoms with Crippen LogP contribution in [0.1, 0.15) is 32.1 Å². The fourth-order valence-electron chi connectivity index (χ4n) is 2.32. The van der Waals surface area contributed by atoms with Crippen molar-refractivity contribution >= 4 is 12.0 Å². The molecule has 2 aliphatic rings. The molecule has 1 heterocycles. The Hall–Kier alpha value is -1.30. The van der Waals surface area contributed by atoms with E-state index in [1.165, 1.54) is 12.8 Å². The first kappa shape index (κ1) is 14.1. The fraction of sp³-hybridized carbons (Fsp3) is 0.846. The minimum Gasteiger partial charge on any atom is -0.480 e. The number of piperidine rings is 1. The zero-order valence-electron chi connectivity index (χ0n) is 11.1. The number of rotatable bonds is 6. The SMILES string of the molecule is O=C(O)COC1CCN(C(=O)NCCC2CC2)CC1. The minimum absolute atomic E-state index is 0.00247. The normalized spacial score (nSPS) is 20.3. The second-order valence-corrected chi connectivity index (χ2v) is 5.36. The van der Waals surface area contributed by atoms with Crippen LogP contribution in [0.2, 0.25) is 0 Å². The van der Waals surface area contributed by atoms with Crippen molar-refractivity contribution in [1.82, 2.24) is 10.2 Å². The van der Waals surface area contributed by atoms with Crippen molar-refractivity contribution in [3.63, 3.8) is 0 Å². The molecular formula is C13H22N2O4. The third-order valence-electron chi connectivity index (χ3n) is 3.70. The van der Waals surface area contributed by atoms with Crippen molar-refractivity contribution in [3.8, 4) is 0 Å². The van der Waals surface area contributed by atoms with E-state index in [1.807, 2.05) is 0 Å². The summed E-state index contributed by atoms with van der Waals surface area (Å²) in [6.45, 7) is 1.79. The number of carbonyl (C=O) groups is 2. The number of likely N-dealkylation sites (tertiary alicyclic amines) is 1. The quantitative estimate of drug-likeness (QED) is 0.756. The van der Waals surface area contributed by atoms with Crippen molar-refractivity contribution in [2.45, 2.75) is 38.2 Å². The number of carbonyl (C=O) groups excluding carboxylic acids is 1. The molecule has 19 heavy (non-hydrogen) atoms. The second kappa shape index (κ2) is 6.75. The summed E-state index contributed by atoms with van der Waals surface area (Å²) < 4.78 is 5.24. The van der Waals surface area contributed by atoms with Crippen LogP contribution in [-0.2, 0) is 9.53 Å². The van der Waals surface area contributed by atoms with Gasteiger partial charge in [0.1, 0.15) is 6.61 Å². The molecule has 2 fully saturated rings. The van der Waals surface area contributed by atoms with Gasteiger partial charge in [0.05, 0.1) is 6.10 Å². The van der Waals surface area contributed by atoms with Gasteiger partial charge in [-0.1, -0.05) is 12.8 Å². The van der Waals surface area contributed by atoms with Crippen molar-refractivity contribution < 1.29 is 19.4 Å². The first-order valence-electron chi connectivity index (χ1n) is 7.01. The number of carboxylic acid groups (broad SMARTS) is 1. The number of hydrogen-bond acceptors (Lipinski definition) is 3. The van der Waals surface area contributed by atoms with E-state index in [-0.39, 0.29) is 18.7 Å². The molecular weight excluding hydrogens is 248 g/mol. The summed E-state index contributed by atoms with van der Waals surface area (Å²) in [6, 6.07) is -0.00247. The third-order valence-corrected chi connectivity index (χ3v) is 3.70. The number of aliphatic carboxylic acids is 1. The second-order valence-electron chi connectivity index (χ2n) is 5.36. The summed E-state index contributed by atoms with van der Waals surface area (Å²) in [5, 5.41) is 11.5. The van der Waals surface area contributed by atoms with Crippen LogP contribution in [0.25, 0.3) is 0 Å². The van der Waals surface area contributed by atoms with E-state index in [0.29, 0.717) is 25.9 Å². The van der Waals surface area contributed by atoms with Gasteiger partial charge in [0.25, 0.3) is 0 Å². The number of nitrogens with one attached hydrogen (secondary N) is 1. The topological polar surface area (TPSA) is 78.9 Å². The molecule has 1 aliphatic carbocycles. The summed E-state index contributed by atoms with van der Waals surface area (Å²) in [5.41, 5.74) is 0. The Labute approximate surface area is 113 Å². The van der Waals surface area contributed by atoms with Crippen LogP contribution in [0.3, 0.4) is 0 Å². The summed E-state index contributed by atoms with van der Waals surface area (Å²) >= 11 is 0. The maximum Gasteiger partial charge on any atom is 0.329 e. The smallest absolute Gasteiger partial charge is 0.329 e. The van der Waals surface area contributed by atoms with Gasteiger partial charge in [-0.05, 0) is 25.2 Å². The molecule has 108 valence electrons. The fourth-order valence-corrected chi connectivity index (χ4v) is 2.32. The first-order valence-corrected chi connectivity index (χ1v) is 7.01. The monoisotopic (exact) mass is 270 g/mol. The molecule has 0 aromatic rings. The third kappa shape index (κ3) is 5.06. The summed E-state index contributed by atoms with van der Waals surface area (Å²) in [5.74, 6) is -0.115. The van der Waals surface area contributed by atoms with Crippen molar-refractivity contribution in [2.75, 3.05) is 26.2 Å². The predicted molar refractivity (Wildman–Crippen MR) is 68.9 cm³/mol. The molecule has 6 heteroatoms. The van der Waals surface area contributed by atoms with Crippen molar-refractivity contribution in [3.05, 3.63) is 0 Å². The van der Waals surface area contributed by atoms with Gasteiger partial charge < -0.3 is 20.1 Å². The molecule has 0 aromatic heterocycles. The molecule has 2 N–H and O–H groups in total. The molecule has 0 aromatic carbocycles. The van der Waals surface area contributed by atoms with Gasteiger partial charge in [-0.25, -0.2) is 9.59 Å². The highest BCUT2D eigenvalue weighted by Gasteiger charge is 2.24. The molecule has 0 radical (unpaired) electrons. The number of carboxylic acids is 1. The summed E-state index contributed by atoms with van der Waals surface area (Å²) in [7, 11) is 0. The Morgan fingerprint density at radius 3 is 2.47 bits per heavy atom.